The summed E-state index contributed by atoms with van der Waals surface area (Å²) in [5, 5.41) is 11.3. The highest BCUT2D eigenvalue weighted by atomic mass is 16.4. The zero-order chi connectivity index (χ0) is 9.90. The van der Waals surface area contributed by atoms with Crippen molar-refractivity contribution in [2.75, 3.05) is 21.1 Å². The van der Waals surface area contributed by atoms with Gasteiger partial charge in [-0.05, 0) is 29.8 Å². The quantitative estimate of drug-likeness (QED) is 0.318. The van der Waals surface area contributed by atoms with Crippen LogP contribution in [0.15, 0.2) is 29.4 Å². The number of hydrogen-bond acceptors (Lipinski definition) is 2. The zero-order valence-electron chi connectivity index (χ0n) is 8.23. The highest BCUT2D eigenvalue weighted by molar-refractivity contribution is 5.79. The second-order valence-corrected chi connectivity index (χ2v) is 3.85. The summed E-state index contributed by atoms with van der Waals surface area (Å²) in [6.07, 6.45) is 1.42. The van der Waals surface area contributed by atoms with E-state index in [1.807, 2.05) is 24.3 Å². The van der Waals surface area contributed by atoms with Gasteiger partial charge in [-0.25, -0.2) is 0 Å². The summed E-state index contributed by atoms with van der Waals surface area (Å²) in [7, 11) is 6.32. The molecule has 0 amide bonds. The van der Waals surface area contributed by atoms with E-state index in [9.17, 15) is 0 Å². The van der Waals surface area contributed by atoms with Crippen molar-refractivity contribution in [1.29, 1.82) is 0 Å². The Labute approximate surface area is 78.5 Å². The second kappa shape index (κ2) is 3.58. The van der Waals surface area contributed by atoms with E-state index < -0.39 is 0 Å². The lowest BCUT2D eigenvalue weighted by Gasteiger charge is -2.23. The highest BCUT2D eigenvalue weighted by Gasteiger charge is 2.10. The van der Waals surface area contributed by atoms with Gasteiger partial charge >= 0.3 is 0 Å². The van der Waals surface area contributed by atoms with Gasteiger partial charge in [0.15, 0.2) is 0 Å². The SMILES string of the molecule is C[N+](C)(C)c1ccc(C=NO)cc1. The summed E-state index contributed by atoms with van der Waals surface area (Å²) < 4.78 is 0.788. The monoisotopic (exact) mass is 179 g/mol. The van der Waals surface area contributed by atoms with Crippen molar-refractivity contribution in [3.05, 3.63) is 29.8 Å². The van der Waals surface area contributed by atoms with Crippen LogP contribution in [0.4, 0.5) is 5.69 Å². The van der Waals surface area contributed by atoms with Crippen LogP contribution in [0.2, 0.25) is 0 Å². The van der Waals surface area contributed by atoms with Gasteiger partial charge in [-0.3, -0.25) is 4.48 Å². The maximum atomic E-state index is 8.31. The predicted octanol–water partition coefficient (Wildman–Crippen LogP) is 1.69. The van der Waals surface area contributed by atoms with E-state index in [0.29, 0.717) is 0 Å². The molecular formula is C10H15N2O+. The first-order chi connectivity index (χ1) is 6.04. The van der Waals surface area contributed by atoms with E-state index in [-0.39, 0.29) is 0 Å². The van der Waals surface area contributed by atoms with Crippen LogP contribution in [0.3, 0.4) is 0 Å². The van der Waals surface area contributed by atoms with Crippen LogP contribution < -0.4 is 4.48 Å². The molecule has 70 valence electrons. The molecule has 0 saturated heterocycles. The van der Waals surface area contributed by atoms with Gasteiger partial charge in [0.1, 0.15) is 5.69 Å². The maximum Gasteiger partial charge on any atom is 0.132 e. The van der Waals surface area contributed by atoms with Crippen molar-refractivity contribution in [2.24, 2.45) is 5.16 Å². The highest BCUT2D eigenvalue weighted by Crippen LogP contribution is 2.16. The molecule has 0 unspecified atom stereocenters. The fourth-order valence-corrected chi connectivity index (χ4v) is 1.07. The second-order valence-electron chi connectivity index (χ2n) is 3.85. The van der Waals surface area contributed by atoms with Crippen LogP contribution in [0, 0.1) is 0 Å². The Kier molecular flexibility index (Phi) is 2.68. The number of rotatable bonds is 2. The molecule has 3 heteroatoms. The molecule has 1 aromatic rings. The topological polar surface area (TPSA) is 32.6 Å². The van der Waals surface area contributed by atoms with Crippen LogP contribution in [0.25, 0.3) is 0 Å². The molecule has 13 heavy (non-hydrogen) atoms. The number of benzene rings is 1. The van der Waals surface area contributed by atoms with Crippen molar-refractivity contribution in [3.8, 4) is 0 Å². The molecular weight excluding hydrogens is 164 g/mol. The van der Waals surface area contributed by atoms with Gasteiger partial charge in [-0.2, -0.15) is 0 Å². The Morgan fingerprint density at radius 2 is 1.69 bits per heavy atom. The van der Waals surface area contributed by atoms with Gasteiger partial charge in [0.2, 0.25) is 0 Å². The molecule has 0 aromatic heterocycles. The molecule has 0 aliphatic rings. The van der Waals surface area contributed by atoms with Gasteiger partial charge in [-0.15, -0.1) is 0 Å². The number of quaternary nitrogens is 1. The van der Waals surface area contributed by atoms with Crippen LogP contribution in [-0.4, -0.2) is 32.6 Å². The Hall–Kier alpha value is -1.35. The minimum atomic E-state index is 0.788. The fourth-order valence-electron chi connectivity index (χ4n) is 1.07. The van der Waals surface area contributed by atoms with Crippen molar-refractivity contribution < 1.29 is 5.21 Å². The smallest absolute Gasteiger partial charge is 0.132 e. The molecule has 1 aromatic carbocycles. The normalized spacial score (nSPS) is 12.2. The van der Waals surface area contributed by atoms with Crippen LogP contribution >= 0.6 is 0 Å². The van der Waals surface area contributed by atoms with Crippen molar-refractivity contribution in [2.45, 2.75) is 0 Å². The minimum Gasteiger partial charge on any atom is -0.411 e. The van der Waals surface area contributed by atoms with Gasteiger partial charge < -0.3 is 5.21 Å². The van der Waals surface area contributed by atoms with E-state index in [1.165, 1.54) is 11.9 Å². The van der Waals surface area contributed by atoms with Gasteiger partial charge in [0.05, 0.1) is 27.4 Å². The molecule has 0 atom stereocenters. The van der Waals surface area contributed by atoms with Crippen LogP contribution in [0.5, 0.6) is 0 Å². The Bertz CT molecular complexity index is 296. The lowest BCUT2D eigenvalue weighted by atomic mass is 10.2. The maximum absolute atomic E-state index is 8.31. The summed E-state index contributed by atoms with van der Waals surface area (Å²) >= 11 is 0. The van der Waals surface area contributed by atoms with E-state index in [1.54, 1.807) is 0 Å². The Morgan fingerprint density at radius 1 is 1.15 bits per heavy atom. The molecule has 0 aliphatic heterocycles. The third kappa shape index (κ3) is 2.56. The minimum absolute atomic E-state index is 0.788. The average Bonchev–Trinajstić information content (AvgIpc) is 2.04. The lowest BCUT2D eigenvalue weighted by Crippen LogP contribution is -2.34. The number of oxime groups is 1. The third-order valence-corrected chi connectivity index (χ3v) is 1.87. The van der Waals surface area contributed by atoms with Crippen molar-refractivity contribution in [3.63, 3.8) is 0 Å². The molecule has 3 nitrogen and oxygen atoms in total. The molecule has 0 bridgehead atoms. The molecule has 0 heterocycles. The van der Waals surface area contributed by atoms with Crippen LogP contribution in [-0.2, 0) is 0 Å². The van der Waals surface area contributed by atoms with Gasteiger partial charge in [0.25, 0.3) is 0 Å². The molecule has 0 spiro atoms. The first kappa shape index (κ1) is 9.74. The molecule has 0 aliphatic carbocycles. The van der Waals surface area contributed by atoms with E-state index >= 15 is 0 Å². The average molecular weight is 179 g/mol. The summed E-state index contributed by atoms with van der Waals surface area (Å²) in [5.41, 5.74) is 2.12. The lowest BCUT2D eigenvalue weighted by molar-refractivity contribution is 0.322. The molecule has 0 fully saturated rings. The Morgan fingerprint density at radius 3 is 2.08 bits per heavy atom. The number of nitrogens with zero attached hydrogens (tertiary/aromatic N) is 2. The van der Waals surface area contributed by atoms with E-state index in [2.05, 4.69) is 26.3 Å². The van der Waals surface area contributed by atoms with Gasteiger partial charge in [-0.1, -0.05) is 5.16 Å². The van der Waals surface area contributed by atoms with Gasteiger partial charge in [0, 0.05) is 0 Å². The Balaban J connectivity index is 2.94. The molecule has 0 saturated carbocycles. The molecule has 0 radical (unpaired) electrons. The molecule has 1 rings (SSSR count). The third-order valence-electron chi connectivity index (χ3n) is 1.87. The van der Waals surface area contributed by atoms with Crippen molar-refractivity contribution in [1.82, 2.24) is 4.48 Å². The summed E-state index contributed by atoms with van der Waals surface area (Å²) in [4.78, 5) is 0. The fraction of sp³-hybridized carbons (Fsp3) is 0.300. The first-order valence-corrected chi connectivity index (χ1v) is 4.13. The summed E-state index contributed by atoms with van der Waals surface area (Å²) in [6.45, 7) is 0. The standard InChI is InChI=1S/C10H14N2O/c1-12(2,3)10-6-4-9(5-7-10)8-11-13/h4-8H,1-3H3/p+1. The number of hydrogen-bond donors (Lipinski definition) is 1. The van der Waals surface area contributed by atoms with Crippen molar-refractivity contribution >= 4 is 11.9 Å². The van der Waals surface area contributed by atoms with E-state index in [4.69, 9.17) is 5.21 Å². The summed E-state index contributed by atoms with van der Waals surface area (Å²) in [5.74, 6) is 0. The predicted molar refractivity (Wildman–Crippen MR) is 55.4 cm³/mol. The van der Waals surface area contributed by atoms with E-state index in [0.717, 1.165) is 10.0 Å². The van der Waals surface area contributed by atoms with Crippen LogP contribution in [0.1, 0.15) is 5.56 Å². The first-order valence-electron chi connectivity index (χ1n) is 4.13. The largest absolute Gasteiger partial charge is 0.411 e. The summed E-state index contributed by atoms with van der Waals surface area (Å²) in [6, 6.07) is 7.91. The zero-order valence-corrected chi connectivity index (χ0v) is 8.23. The molecule has 1 N–H and O–H groups in total.